The fourth-order valence-corrected chi connectivity index (χ4v) is 3.17. The Balaban J connectivity index is 1.81. The lowest BCUT2D eigenvalue weighted by atomic mass is 10.1. The van der Waals surface area contributed by atoms with Crippen LogP contribution in [-0.4, -0.2) is 19.6 Å². The van der Waals surface area contributed by atoms with Gasteiger partial charge in [0.05, 0.1) is 30.3 Å². The molecule has 30 heavy (non-hydrogen) atoms. The smallest absolute Gasteiger partial charge is 0.269 e. The fraction of sp³-hybridized carbons (Fsp3) is 0.286. The topological polar surface area (TPSA) is 77.2 Å². The molecular weight excluding hydrogens is 460 g/mol. The van der Waals surface area contributed by atoms with Crippen LogP contribution in [0.15, 0.2) is 45.9 Å². The maximum absolute atomic E-state index is 13.8. The number of halogens is 3. The predicted molar refractivity (Wildman–Crippen MR) is 110 cm³/mol. The van der Waals surface area contributed by atoms with E-state index < -0.39 is 17.2 Å². The van der Waals surface area contributed by atoms with Crippen molar-refractivity contribution >= 4 is 15.9 Å². The molecule has 0 bridgehead atoms. The summed E-state index contributed by atoms with van der Waals surface area (Å²) < 4.78 is 34.1. The molecule has 0 aliphatic heterocycles. The van der Waals surface area contributed by atoms with Gasteiger partial charge < -0.3 is 14.4 Å². The van der Waals surface area contributed by atoms with Gasteiger partial charge in [-0.25, -0.2) is 8.78 Å². The quantitative estimate of drug-likeness (QED) is 0.580. The molecule has 0 fully saturated rings. The molecule has 2 heterocycles. The Morgan fingerprint density at radius 3 is 2.53 bits per heavy atom. The molecular formula is C21H20BrF2N3O3. The largest absolute Gasteiger partial charge is 0.487 e. The highest BCUT2D eigenvalue weighted by atomic mass is 79.9. The Kier molecular flexibility index (Phi) is 6.33. The van der Waals surface area contributed by atoms with Crippen LogP contribution >= 0.6 is 15.9 Å². The first-order valence-corrected chi connectivity index (χ1v) is 9.86. The average molecular weight is 480 g/mol. The van der Waals surface area contributed by atoms with Crippen LogP contribution in [0.2, 0.25) is 0 Å². The molecule has 3 aromatic rings. The first-order chi connectivity index (χ1) is 14.1. The second-order valence-electron chi connectivity index (χ2n) is 7.33. The van der Waals surface area contributed by atoms with Crippen molar-refractivity contribution in [1.29, 1.82) is 0 Å². The molecule has 158 valence electrons. The molecule has 0 radical (unpaired) electrons. The van der Waals surface area contributed by atoms with Crippen molar-refractivity contribution in [2.24, 2.45) is 0 Å². The average Bonchev–Trinajstić information content (AvgIpc) is 2.68. The van der Waals surface area contributed by atoms with Gasteiger partial charge in [0.1, 0.15) is 34.1 Å². The van der Waals surface area contributed by atoms with E-state index in [2.05, 4.69) is 25.9 Å². The lowest BCUT2D eigenvalue weighted by Gasteiger charge is -2.17. The van der Waals surface area contributed by atoms with Crippen LogP contribution < -0.4 is 10.3 Å². The van der Waals surface area contributed by atoms with E-state index in [0.29, 0.717) is 17.1 Å². The molecule has 0 aliphatic rings. The lowest BCUT2D eigenvalue weighted by Crippen LogP contribution is -2.25. The fourth-order valence-electron chi connectivity index (χ4n) is 2.73. The molecule has 2 aromatic heterocycles. The minimum absolute atomic E-state index is 0.155. The van der Waals surface area contributed by atoms with Gasteiger partial charge in [-0.2, -0.15) is 0 Å². The standard InChI is InChI=1S/C21H20BrF2N3O3/c1-12-6-17(30-11-13-4-5-14(23)7-16(13)24)19(22)20(28)27(12)10-15-8-26-18(9-25-15)21(2,3)29/h4-9,29H,10-11H2,1-3H3. The summed E-state index contributed by atoms with van der Waals surface area (Å²) in [5, 5.41) is 9.97. The van der Waals surface area contributed by atoms with Crippen molar-refractivity contribution in [1.82, 2.24) is 14.5 Å². The summed E-state index contributed by atoms with van der Waals surface area (Å²) in [7, 11) is 0. The summed E-state index contributed by atoms with van der Waals surface area (Å²) in [6.07, 6.45) is 2.98. The SMILES string of the molecule is Cc1cc(OCc2ccc(F)cc2F)c(Br)c(=O)n1Cc1cnc(C(C)(C)O)cn1. The molecule has 1 N–H and O–H groups in total. The number of nitrogens with zero attached hydrogens (tertiary/aromatic N) is 3. The van der Waals surface area contributed by atoms with E-state index in [4.69, 9.17) is 4.74 Å². The van der Waals surface area contributed by atoms with Gasteiger partial charge in [0.15, 0.2) is 0 Å². The van der Waals surface area contributed by atoms with Gasteiger partial charge in [0.25, 0.3) is 5.56 Å². The van der Waals surface area contributed by atoms with Gasteiger partial charge >= 0.3 is 0 Å². The zero-order valence-corrected chi connectivity index (χ0v) is 18.2. The van der Waals surface area contributed by atoms with E-state index in [9.17, 15) is 18.7 Å². The predicted octanol–water partition coefficient (Wildman–Crippen LogP) is 3.84. The van der Waals surface area contributed by atoms with Crippen LogP contribution in [0.4, 0.5) is 8.78 Å². The van der Waals surface area contributed by atoms with Gasteiger partial charge in [0, 0.05) is 23.4 Å². The van der Waals surface area contributed by atoms with Gasteiger partial charge in [-0.05, 0) is 48.8 Å². The summed E-state index contributed by atoms with van der Waals surface area (Å²) >= 11 is 3.24. The summed E-state index contributed by atoms with van der Waals surface area (Å²) in [4.78, 5) is 21.3. The second-order valence-corrected chi connectivity index (χ2v) is 8.12. The highest BCUT2D eigenvalue weighted by Crippen LogP contribution is 2.24. The summed E-state index contributed by atoms with van der Waals surface area (Å²) in [5.41, 5.74) is 0.288. The maximum atomic E-state index is 13.8. The van der Waals surface area contributed by atoms with E-state index in [1.807, 2.05) is 0 Å². The Morgan fingerprint density at radius 1 is 1.20 bits per heavy atom. The third-order valence-electron chi connectivity index (χ3n) is 4.47. The Labute approximate surface area is 180 Å². The number of hydrogen-bond donors (Lipinski definition) is 1. The third kappa shape index (κ3) is 4.91. The first-order valence-electron chi connectivity index (χ1n) is 9.06. The van der Waals surface area contributed by atoms with Crippen molar-refractivity contribution in [3.8, 4) is 5.75 Å². The highest BCUT2D eigenvalue weighted by molar-refractivity contribution is 9.10. The Hall–Kier alpha value is -2.65. The van der Waals surface area contributed by atoms with E-state index in [-0.39, 0.29) is 34.5 Å². The Bertz CT molecular complexity index is 1130. The van der Waals surface area contributed by atoms with E-state index in [1.165, 1.54) is 23.0 Å². The molecule has 3 rings (SSSR count). The van der Waals surface area contributed by atoms with Crippen LogP contribution in [-0.2, 0) is 18.8 Å². The minimum Gasteiger partial charge on any atom is -0.487 e. The van der Waals surface area contributed by atoms with Crippen molar-refractivity contribution in [2.75, 3.05) is 0 Å². The third-order valence-corrected chi connectivity index (χ3v) is 5.20. The van der Waals surface area contributed by atoms with Crippen LogP contribution in [0, 0.1) is 18.6 Å². The second kappa shape index (κ2) is 8.61. The number of aryl methyl sites for hydroxylation is 1. The van der Waals surface area contributed by atoms with Crippen LogP contribution in [0.3, 0.4) is 0 Å². The van der Waals surface area contributed by atoms with E-state index in [0.717, 1.165) is 12.1 Å². The molecule has 0 spiro atoms. The number of benzene rings is 1. The van der Waals surface area contributed by atoms with Crippen LogP contribution in [0.25, 0.3) is 0 Å². The number of hydrogen-bond acceptors (Lipinski definition) is 5. The van der Waals surface area contributed by atoms with Crippen molar-refractivity contribution in [3.63, 3.8) is 0 Å². The van der Waals surface area contributed by atoms with Gasteiger partial charge in [0.2, 0.25) is 0 Å². The number of ether oxygens (including phenoxy) is 1. The van der Waals surface area contributed by atoms with Gasteiger partial charge in [-0.1, -0.05) is 0 Å². The highest BCUT2D eigenvalue weighted by Gasteiger charge is 2.18. The molecule has 0 unspecified atom stereocenters. The summed E-state index contributed by atoms with van der Waals surface area (Å²) in [6.45, 7) is 4.97. The zero-order valence-electron chi connectivity index (χ0n) is 16.6. The number of aromatic nitrogens is 3. The number of aliphatic hydroxyl groups is 1. The zero-order chi connectivity index (χ0) is 22.1. The molecule has 6 nitrogen and oxygen atoms in total. The van der Waals surface area contributed by atoms with Crippen LogP contribution in [0.1, 0.15) is 36.5 Å². The normalized spacial score (nSPS) is 11.6. The van der Waals surface area contributed by atoms with Gasteiger partial charge in [-0.3, -0.25) is 14.8 Å². The molecule has 0 saturated heterocycles. The monoisotopic (exact) mass is 479 g/mol. The molecule has 0 aliphatic carbocycles. The lowest BCUT2D eigenvalue weighted by molar-refractivity contribution is 0.0733. The molecule has 0 saturated carbocycles. The maximum Gasteiger partial charge on any atom is 0.269 e. The van der Waals surface area contributed by atoms with E-state index >= 15 is 0 Å². The van der Waals surface area contributed by atoms with Crippen LogP contribution in [0.5, 0.6) is 5.75 Å². The first kappa shape index (κ1) is 22.0. The minimum atomic E-state index is -1.11. The van der Waals surface area contributed by atoms with Crippen molar-refractivity contribution < 1.29 is 18.6 Å². The molecule has 0 atom stereocenters. The van der Waals surface area contributed by atoms with Crippen molar-refractivity contribution in [3.05, 3.63) is 85.8 Å². The van der Waals surface area contributed by atoms with Gasteiger partial charge in [-0.15, -0.1) is 0 Å². The van der Waals surface area contributed by atoms with E-state index in [1.54, 1.807) is 26.8 Å². The summed E-state index contributed by atoms with van der Waals surface area (Å²) in [6, 6.07) is 4.86. The Morgan fingerprint density at radius 2 is 1.93 bits per heavy atom. The summed E-state index contributed by atoms with van der Waals surface area (Å²) in [5.74, 6) is -1.14. The number of pyridine rings is 1. The number of rotatable bonds is 6. The molecule has 0 amide bonds. The molecule has 9 heteroatoms. The van der Waals surface area contributed by atoms with Crippen molar-refractivity contribution in [2.45, 2.75) is 39.5 Å². The molecule has 1 aromatic carbocycles.